The predicted molar refractivity (Wildman–Crippen MR) is 83.7 cm³/mol. The van der Waals surface area contributed by atoms with Crippen molar-refractivity contribution in [2.75, 3.05) is 17.6 Å². The van der Waals surface area contributed by atoms with E-state index in [1.54, 1.807) is 36.4 Å². The Hall–Kier alpha value is -3.22. The van der Waals surface area contributed by atoms with Crippen LogP contribution in [0.2, 0.25) is 0 Å². The number of fused-ring (bicyclic) bond motifs is 1. The summed E-state index contributed by atoms with van der Waals surface area (Å²) >= 11 is 0. The summed E-state index contributed by atoms with van der Waals surface area (Å²) in [6.45, 7) is 0.0284. The van der Waals surface area contributed by atoms with E-state index in [0.29, 0.717) is 22.6 Å². The molecule has 0 aliphatic carbocycles. The molecule has 3 amide bonds. The minimum atomic E-state index is -0.368. The molecule has 0 bridgehead atoms. The number of hydrogen-bond acceptors (Lipinski definition) is 5. The molecule has 0 atom stereocenters. The Morgan fingerprint density at radius 3 is 2.30 bits per heavy atom. The second kappa shape index (κ2) is 5.88. The van der Waals surface area contributed by atoms with Crippen molar-refractivity contribution < 1.29 is 14.4 Å². The van der Waals surface area contributed by atoms with Gasteiger partial charge < -0.3 is 11.1 Å². The van der Waals surface area contributed by atoms with Crippen LogP contribution in [0.25, 0.3) is 0 Å². The highest BCUT2D eigenvalue weighted by atomic mass is 16.2. The van der Waals surface area contributed by atoms with Crippen LogP contribution in [0.15, 0.2) is 42.6 Å². The monoisotopic (exact) mass is 310 g/mol. The second-order valence-electron chi connectivity index (χ2n) is 5.08. The van der Waals surface area contributed by atoms with Gasteiger partial charge in [-0.15, -0.1) is 0 Å². The van der Waals surface area contributed by atoms with Crippen LogP contribution in [0.3, 0.4) is 0 Å². The quantitative estimate of drug-likeness (QED) is 0.828. The molecule has 23 heavy (non-hydrogen) atoms. The number of aromatic nitrogens is 1. The SMILES string of the molecule is Nc1ccc(NC(=O)CCN2C(=O)c3ccccc3C2=O)cn1. The van der Waals surface area contributed by atoms with E-state index in [4.69, 9.17) is 5.73 Å². The van der Waals surface area contributed by atoms with Gasteiger partial charge in [-0.25, -0.2) is 4.98 Å². The number of nitrogens with zero attached hydrogens (tertiary/aromatic N) is 2. The maximum absolute atomic E-state index is 12.2. The molecule has 0 unspecified atom stereocenters. The van der Waals surface area contributed by atoms with Crippen molar-refractivity contribution in [3.05, 3.63) is 53.7 Å². The average Bonchev–Trinajstić information content (AvgIpc) is 2.80. The van der Waals surface area contributed by atoms with Gasteiger partial charge in [-0.1, -0.05) is 12.1 Å². The highest BCUT2D eigenvalue weighted by Gasteiger charge is 2.34. The maximum Gasteiger partial charge on any atom is 0.261 e. The summed E-state index contributed by atoms with van der Waals surface area (Å²) in [6.07, 6.45) is 1.45. The molecule has 0 spiro atoms. The van der Waals surface area contributed by atoms with Gasteiger partial charge in [0.05, 0.1) is 23.0 Å². The van der Waals surface area contributed by atoms with Crippen LogP contribution in [0.1, 0.15) is 27.1 Å². The van der Waals surface area contributed by atoms with Crippen LogP contribution < -0.4 is 11.1 Å². The third-order valence-electron chi connectivity index (χ3n) is 3.51. The Kier molecular flexibility index (Phi) is 3.76. The maximum atomic E-state index is 12.2. The molecule has 1 aromatic heterocycles. The van der Waals surface area contributed by atoms with Crippen LogP contribution in [0, 0.1) is 0 Å². The molecule has 0 saturated heterocycles. The number of nitrogens with one attached hydrogen (secondary N) is 1. The molecule has 2 aromatic rings. The summed E-state index contributed by atoms with van der Waals surface area (Å²) < 4.78 is 0. The van der Waals surface area contributed by atoms with Crippen molar-refractivity contribution in [1.82, 2.24) is 9.88 Å². The molecule has 1 aromatic carbocycles. The summed E-state index contributed by atoms with van der Waals surface area (Å²) in [5, 5.41) is 2.64. The number of nitrogens with two attached hydrogens (primary N) is 1. The molecule has 7 nitrogen and oxygen atoms in total. The molecule has 1 aliphatic rings. The molecule has 0 saturated carbocycles. The lowest BCUT2D eigenvalue weighted by molar-refractivity contribution is -0.116. The number of hydrogen-bond donors (Lipinski definition) is 2. The molecular weight excluding hydrogens is 296 g/mol. The van der Waals surface area contributed by atoms with Gasteiger partial charge in [-0.3, -0.25) is 19.3 Å². The van der Waals surface area contributed by atoms with Gasteiger partial charge >= 0.3 is 0 Å². The van der Waals surface area contributed by atoms with Gasteiger partial charge in [0, 0.05) is 13.0 Å². The van der Waals surface area contributed by atoms with Crippen LogP contribution in [-0.2, 0) is 4.79 Å². The van der Waals surface area contributed by atoms with E-state index in [1.807, 2.05) is 0 Å². The number of carbonyl (C=O) groups is 3. The van der Waals surface area contributed by atoms with Gasteiger partial charge in [0.2, 0.25) is 5.91 Å². The lowest BCUT2D eigenvalue weighted by Crippen LogP contribution is -2.32. The Bertz CT molecular complexity index is 751. The third kappa shape index (κ3) is 2.89. The molecule has 3 N–H and O–H groups in total. The van der Waals surface area contributed by atoms with Crippen molar-refractivity contribution in [2.45, 2.75) is 6.42 Å². The fraction of sp³-hybridized carbons (Fsp3) is 0.125. The molecular formula is C16H14N4O3. The number of anilines is 2. The van der Waals surface area contributed by atoms with Crippen molar-refractivity contribution in [3.63, 3.8) is 0 Å². The summed E-state index contributed by atoms with van der Waals surface area (Å²) in [7, 11) is 0. The van der Waals surface area contributed by atoms with Crippen LogP contribution in [0.5, 0.6) is 0 Å². The van der Waals surface area contributed by atoms with Gasteiger partial charge in [0.15, 0.2) is 0 Å². The van der Waals surface area contributed by atoms with Crippen LogP contribution >= 0.6 is 0 Å². The summed E-state index contributed by atoms with van der Waals surface area (Å²) in [6, 6.07) is 9.82. The average molecular weight is 310 g/mol. The fourth-order valence-corrected chi connectivity index (χ4v) is 2.36. The lowest BCUT2D eigenvalue weighted by atomic mass is 10.1. The molecule has 0 fully saturated rings. The Labute approximate surface area is 132 Å². The van der Waals surface area contributed by atoms with E-state index in [1.165, 1.54) is 6.20 Å². The first-order valence-electron chi connectivity index (χ1n) is 7.03. The lowest BCUT2D eigenvalue weighted by Gasteiger charge is -2.13. The normalized spacial score (nSPS) is 13.1. The van der Waals surface area contributed by atoms with E-state index in [9.17, 15) is 14.4 Å². The third-order valence-corrected chi connectivity index (χ3v) is 3.51. The smallest absolute Gasteiger partial charge is 0.261 e. The van der Waals surface area contributed by atoms with E-state index in [-0.39, 0.29) is 30.7 Å². The Balaban J connectivity index is 1.61. The molecule has 3 rings (SSSR count). The van der Waals surface area contributed by atoms with Crippen molar-refractivity contribution >= 4 is 29.2 Å². The van der Waals surface area contributed by atoms with Gasteiger partial charge in [0.1, 0.15) is 5.82 Å². The highest BCUT2D eigenvalue weighted by molar-refractivity contribution is 6.21. The van der Waals surface area contributed by atoms with E-state index in [0.717, 1.165) is 4.90 Å². The zero-order valence-electron chi connectivity index (χ0n) is 12.2. The summed E-state index contributed by atoms with van der Waals surface area (Å²) in [4.78, 5) is 41.2. The van der Waals surface area contributed by atoms with Gasteiger partial charge in [0.25, 0.3) is 11.8 Å². The van der Waals surface area contributed by atoms with Crippen LogP contribution in [0.4, 0.5) is 11.5 Å². The summed E-state index contributed by atoms with van der Waals surface area (Å²) in [5.41, 5.74) is 6.72. The first kappa shape index (κ1) is 14.7. The minimum Gasteiger partial charge on any atom is -0.384 e. The number of imide groups is 1. The molecule has 0 radical (unpaired) electrons. The van der Waals surface area contributed by atoms with E-state index < -0.39 is 0 Å². The highest BCUT2D eigenvalue weighted by Crippen LogP contribution is 2.22. The molecule has 1 aliphatic heterocycles. The zero-order chi connectivity index (χ0) is 16.4. The van der Waals surface area contributed by atoms with E-state index in [2.05, 4.69) is 10.3 Å². The minimum absolute atomic E-state index is 0.00977. The van der Waals surface area contributed by atoms with Crippen molar-refractivity contribution in [2.24, 2.45) is 0 Å². The molecule has 116 valence electrons. The Morgan fingerprint density at radius 2 is 1.74 bits per heavy atom. The molecule has 2 heterocycles. The largest absolute Gasteiger partial charge is 0.384 e. The second-order valence-corrected chi connectivity index (χ2v) is 5.08. The number of rotatable bonds is 4. The predicted octanol–water partition coefficient (Wildman–Crippen LogP) is 1.29. The zero-order valence-corrected chi connectivity index (χ0v) is 12.2. The van der Waals surface area contributed by atoms with E-state index >= 15 is 0 Å². The molecule has 7 heteroatoms. The number of nitrogen functional groups attached to an aromatic ring is 1. The topological polar surface area (TPSA) is 105 Å². The number of carbonyl (C=O) groups excluding carboxylic acids is 3. The number of benzene rings is 1. The number of pyridine rings is 1. The first-order chi connectivity index (χ1) is 11.1. The van der Waals surface area contributed by atoms with Crippen molar-refractivity contribution in [1.29, 1.82) is 0 Å². The number of amides is 3. The van der Waals surface area contributed by atoms with Gasteiger partial charge in [-0.2, -0.15) is 0 Å². The first-order valence-corrected chi connectivity index (χ1v) is 7.03. The standard InChI is InChI=1S/C16H14N4O3/c17-13-6-5-10(9-18-13)19-14(21)7-8-20-15(22)11-3-1-2-4-12(11)16(20)23/h1-6,9H,7-8H2,(H2,17,18)(H,19,21). The van der Waals surface area contributed by atoms with Crippen LogP contribution in [-0.4, -0.2) is 34.2 Å². The van der Waals surface area contributed by atoms with Gasteiger partial charge in [-0.05, 0) is 24.3 Å². The Morgan fingerprint density at radius 1 is 1.09 bits per heavy atom. The van der Waals surface area contributed by atoms with Crippen molar-refractivity contribution in [3.8, 4) is 0 Å². The fourth-order valence-electron chi connectivity index (χ4n) is 2.36. The summed E-state index contributed by atoms with van der Waals surface area (Å²) in [5.74, 6) is -0.692.